The van der Waals surface area contributed by atoms with E-state index in [4.69, 9.17) is 4.74 Å². The van der Waals surface area contributed by atoms with Crippen LogP contribution in [0.4, 0.5) is 0 Å². The molecular weight excluding hydrogens is 246 g/mol. The SMILES string of the molecule is CCCOCC(Cc1ccc2ccccc2c1)NCC. The zero-order valence-electron chi connectivity index (χ0n) is 12.6. The molecule has 108 valence electrons. The van der Waals surface area contributed by atoms with Gasteiger partial charge in [0, 0.05) is 12.6 Å². The van der Waals surface area contributed by atoms with Crippen LogP contribution in [0, 0.1) is 0 Å². The van der Waals surface area contributed by atoms with Gasteiger partial charge in [0.05, 0.1) is 6.61 Å². The van der Waals surface area contributed by atoms with Crippen molar-refractivity contribution in [1.29, 1.82) is 0 Å². The maximum atomic E-state index is 5.69. The number of hydrogen-bond donors (Lipinski definition) is 1. The second-order valence-corrected chi connectivity index (χ2v) is 5.22. The summed E-state index contributed by atoms with van der Waals surface area (Å²) >= 11 is 0. The van der Waals surface area contributed by atoms with Gasteiger partial charge in [-0.25, -0.2) is 0 Å². The zero-order valence-corrected chi connectivity index (χ0v) is 12.6. The van der Waals surface area contributed by atoms with Crippen molar-refractivity contribution in [3.63, 3.8) is 0 Å². The van der Waals surface area contributed by atoms with Crippen LogP contribution in [0.15, 0.2) is 42.5 Å². The van der Waals surface area contributed by atoms with E-state index in [2.05, 4.69) is 61.6 Å². The van der Waals surface area contributed by atoms with E-state index < -0.39 is 0 Å². The Morgan fingerprint density at radius 2 is 1.85 bits per heavy atom. The Morgan fingerprint density at radius 3 is 2.60 bits per heavy atom. The largest absolute Gasteiger partial charge is 0.380 e. The first-order valence-corrected chi connectivity index (χ1v) is 7.62. The molecular formula is C18H25NO. The molecule has 0 aliphatic rings. The van der Waals surface area contributed by atoms with E-state index in [0.29, 0.717) is 6.04 Å². The molecule has 0 saturated heterocycles. The van der Waals surface area contributed by atoms with Crippen molar-refractivity contribution in [1.82, 2.24) is 5.32 Å². The van der Waals surface area contributed by atoms with E-state index >= 15 is 0 Å². The second kappa shape index (κ2) is 8.03. The minimum atomic E-state index is 0.396. The fourth-order valence-corrected chi connectivity index (χ4v) is 2.50. The fraction of sp³-hybridized carbons (Fsp3) is 0.444. The first-order valence-electron chi connectivity index (χ1n) is 7.62. The molecule has 1 atom stereocenters. The Hall–Kier alpha value is -1.38. The lowest BCUT2D eigenvalue weighted by Crippen LogP contribution is -2.35. The van der Waals surface area contributed by atoms with Gasteiger partial charge in [-0.15, -0.1) is 0 Å². The number of benzene rings is 2. The highest BCUT2D eigenvalue weighted by atomic mass is 16.5. The molecule has 1 N–H and O–H groups in total. The minimum Gasteiger partial charge on any atom is -0.380 e. The quantitative estimate of drug-likeness (QED) is 0.738. The summed E-state index contributed by atoms with van der Waals surface area (Å²) in [5, 5.41) is 6.13. The van der Waals surface area contributed by atoms with Gasteiger partial charge >= 0.3 is 0 Å². The van der Waals surface area contributed by atoms with Gasteiger partial charge in [-0.1, -0.05) is 56.3 Å². The molecule has 0 amide bonds. The highest BCUT2D eigenvalue weighted by Crippen LogP contribution is 2.16. The molecule has 0 aliphatic heterocycles. The van der Waals surface area contributed by atoms with Crippen LogP contribution in [-0.4, -0.2) is 25.8 Å². The van der Waals surface area contributed by atoms with Crippen molar-refractivity contribution in [2.24, 2.45) is 0 Å². The summed E-state index contributed by atoms with van der Waals surface area (Å²) in [6, 6.07) is 15.6. The Bertz CT molecular complexity index is 524. The van der Waals surface area contributed by atoms with E-state index in [0.717, 1.165) is 32.6 Å². The highest BCUT2D eigenvalue weighted by molar-refractivity contribution is 5.82. The van der Waals surface area contributed by atoms with Crippen LogP contribution in [0.3, 0.4) is 0 Å². The maximum absolute atomic E-state index is 5.69. The predicted molar refractivity (Wildman–Crippen MR) is 86.2 cm³/mol. The first kappa shape index (κ1) is 15.0. The van der Waals surface area contributed by atoms with E-state index in [9.17, 15) is 0 Å². The number of nitrogens with one attached hydrogen (secondary N) is 1. The Labute approximate surface area is 122 Å². The van der Waals surface area contributed by atoms with Crippen molar-refractivity contribution in [2.75, 3.05) is 19.8 Å². The Morgan fingerprint density at radius 1 is 1.05 bits per heavy atom. The highest BCUT2D eigenvalue weighted by Gasteiger charge is 2.09. The van der Waals surface area contributed by atoms with Gasteiger partial charge < -0.3 is 10.1 Å². The molecule has 0 fully saturated rings. The van der Waals surface area contributed by atoms with Crippen molar-refractivity contribution >= 4 is 10.8 Å². The van der Waals surface area contributed by atoms with Crippen molar-refractivity contribution < 1.29 is 4.74 Å². The van der Waals surface area contributed by atoms with Crippen LogP contribution in [0.2, 0.25) is 0 Å². The van der Waals surface area contributed by atoms with Gasteiger partial charge in [-0.2, -0.15) is 0 Å². The Kier molecular flexibility index (Phi) is 6.03. The summed E-state index contributed by atoms with van der Waals surface area (Å²) in [6.07, 6.45) is 2.09. The lowest BCUT2D eigenvalue weighted by Gasteiger charge is -2.18. The summed E-state index contributed by atoms with van der Waals surface area (Å²) in [6.45, 7) is 6.90. The van der Waals surface area contributed by atoms with Gasteiger partial charge in [-0.05, 0) is 35.7 Å². The monoisotopic (exact) mass is 271 g/mol. The van der Waals surface area contributed by atoms with E-state index in [-0.39, 0.29) is 0 Å². The third-order valence-corrected chi connectivity index (χ3v) is 3.46. The molecule has 2 rings (SSSR count). The van der Waals surface area contributed by atoms with Gasteiger partial charge in [0.1, 0.15) is 0 Å². The van der Waals surface area contributed by atoms with Crippen molar-refractivity contribution in [2.45, 2.75) is 32.7 Å². The van der Waals surface area contributed by atoms with Gasteiger partial charge in [0.25, 0.3) is 0 Å². The summed E-state index contributed by atoms with van der Waals surface area (Å²) in [4.78, 5) is 0. The lowest BCUT2D eigenvalue weighted by atomic mass is 10.0. The number of ether oxygens (including phenoxy) is 1. The normalized spacial score (nSPS) is 12.7. The standard InChI is InChI=1S/C18H25NO/c1-3-11-20-14-18(19-4-2)13-15-9-10-16-7-5-6-8-17(16)12-15/h5-10,12,18-19H,3-4,11,13-14H2,1-2H3. The predicted octanol–water partition coefficient (Wildman–Crippen LogP) is 3.79. The third-order valence-electron chi connectivity index (χ3n) is 3.46. The molecule has 0 saturated carbocycles. The molecule has 2 nitrogen and oxygen atoms in total. The smallest absolute Gasteiger partial charge is 0.0622 e. The van der Waals surface area contributed by atoms with Gasteiger partial charge in [0.2, 0.25) is 0 Å². The third kappa shape index (κ3) is 4.32. The molecule has 2 aromatic rings. The number of likely N-dealkylation sites (N-methyl/N-ethyl adjacent to an activating group) is 1. The average molecular weight is 271 g/mol. The lowest BCUT2D eigenvalue weighted by molar-refractivity contribution is 0.112. The molecule has 1 unspecified atom stereocenters. The second-order valence-electron chi connectivity index (χ2n) is 5.22. The van der Waals surface area contributed by atoms with Crippen LogP contribution >= 0.6 is 0 Å². The van der Waals surface area contributed by atoms with Crippen molar-refractivity contribution in [3.05, 3.63) is 48.0 Å². The zero-order chi connectivity index (χ0) is 14.2. The minimum absolute atomic E-state index is 0.396. The van der Waals surface area contributed by atoms with Crippen molar-refractivity contribution in [3.8, 4) is 0 Å². The maximum Gasteiger partial charge on any atom is 0.0622 e. The van der Waals surface area contributed by atoms with Crippen LogP contribution in [0.1, 0.15) is 25.8 Å². The van der Waals surface area contributed by atoms with E-state index in [1.165, 1.54) is 16.3 Å². The van der Waals surface area contributed by atoms with Crippen LogP contribution < -0.4 is 5.32 Å². The molecule has 0 heterocycles. The molecule has 20 heavy (non-hydrogen) atoms. The summed E-state index contributed by atoms with van der Waals surface area (Å²) in [5.74, 6) is 0. The van der Waals surface area contributed by atoms with Crippen LogP contribution in [-0.2, 0) is 11.2 Å². The fourth-order valence-electron chi connectivity index (χ4n) is 2.50. The summed E-state index contributed by atoms with van der Waals surface area (Å²) in [5.41, 5.74) is 1.37. The van der Waals surface area contributed by atoms with Crippen LogP contribution in [0.5, 0.6) is 0 Å². The molecule has 0 spiro atoms. The molecule has 0 aliphatic carbocycles. The number of fused-ring (bicyclic) bond motifs is 1. The molecule has 0 aromatic heterocycles. The summed E-state index contributed by atoms with van der Waals surface area (Å²) < 4.78 is 5.69. The average Bonchev–Trinajstić information content (AvgIpc) is 2.47. The van der Waals surface area contributed by atoms with E-state index in [1.54, 1.807) is 0 Å². The molecule has 2 heteroatoms. The Balaban J connectivity index is 2.03. The van der Waals surface area contributed by atoms with Gasteiger partial charge in [-0.3, -0.25) is 0 Å². The molecule has 0 bridgehead atoms. The summed E-state index contributed by atoms with van der Waals surface area (Å²) in [7, 11) is 0. The number of hydrogen-bond acceptors (Lipinski definition) is 2. The van der Waals surface area contributed by atoms with E-state index in [1.807, 2.05) is 0 Å². The number of rotatable bonds is 8. The molecule has 0 radical (unpaired) electrons. The van der Waals surface area contributed by atoms with Crippen LogP contribution in [0.25, 0.3) is 10.8 Å². The first-order chi connectivity index (χ1) is 9.83. The molecule has 2 aromatic carbocycles. The topological polar surface area (TPSA) is 21.3 Å². The van der Waals surface area contributed by atoms with Gasteiger partial charge in [0.15, 0.2) is 0 Å².